The van der Waals surface area contributed by atoms with Crippen molar-refractivity contribution >= 4 is 33.7 Å². The molecule has 0 saturated carbocycles. The van der Waals surface area contributed by atoms with Crippen molar-refractivity contribution in [3.63, 3.8) is 0 Å². The molecule has 2 rings (SSSR count). The maximum atomic E-state index is 13.6. The van der Waals surface area contributed by atoms with Gasteiger partial charge in [0.05, 0.1) is 11.4 Å². The number of hydrogen-bond donors (Lipinski definition) is 4. The number of aliphatic imine (C=N–C) groups is 1. The third-order valence-corrected chi connectivity index (χ3v) is 7.19. The molecule has 12 nitrogen and oxygen atoms in total. The summed E-state index contributed by atoms with van der Waals surface area (Å²) in [4.78, 5) is 43.1. The summed E-state index contributed by atoms with van der Waals surface area (Å²) in [6.07, 6.45) is 0.825. The highest BCUT2D eigenvalue weighted by Crippen LogP contribution is 2.27. The molecule has 182 valence electrons. The van der Waals surface area contributed by atoms with Gasteiger partial charge in [0.2, 0.25) is 11.8 Å². The summed E-state index contributed by atoms with van der Waals surface area (Å²) in [5.41, 5.74) is 22.4. The van der Waals surface area contributed by atoms with Crippen molar-refractivity contribution in [2.45, 2.75) is 49.6 Å². The fraction of sp³-hybridized carbons (Fsp3) is 0.500. The van der Waals surface area contributed by atoms with E-state index in [1.165, 1.54) is 17.0 Å². The number of guanidine groups is 1. The average molecular weight is 482 g/mol. The van der Waals surface area contributed by atoms with E-state index in [-0.39, 0.29) is 49.8 Å². The Hall–Kier alpha value is -3.19. The molecule has 0 unspecified atom stereocenters. The maximum absolute atomic E-state index is 13.6. The molecule has 8 N–H and O–H groups in total. The third kappa shape index (κ3) is 6.20. The lowest BCUT2D eigenvalue weighted by Crippen LogP contribution is -2.57. The van der Waals surface area contributed by atoms with Crippen LogP contribution in [-0.2, 0) is 24.4 Å². The predicted molar refractivity (Wildman–Crippen MR) is 122 cm³/mol. The van der Waals surface area contributed by atoms with Crippen molar-refractivity contribution in [1.82, 2.24) is 9.21 Å². The summed E-state index contributed by atoms with van der Waals surface area (Å²) in [6.45, 7) is 1.83. The number of benzene rings is 1. The molecule has 2 atom stereocenters. The number of primary amides is 1. The molecule has 0 bridgehead atoms. The van der Waals surface area contributed by atoms with Crippen molar-refractivity contribution in [1.29, 1.82) is 0 Å². The first-order valence-electron chi connectivity index (χ1n) is 10.5. The quantitative estimate of drug-likeness (QED) is 0.173. The first kappa shape index (κ1) is 26.1. The van der Waals surface area contributed by atoms with Gasteiger partial charge in [0, 0.05) is 13.1 Å². The van der Waals surface area contributed by atoms with Crippen molar-refractivity contribution < 1.29 is 22.8 Å². The van der Waals surface area contributed by atoms with Crippen LogP contribution in [0.4, 0.5) is 0 Å². The van der Waals surface area contributed by atoms with Crippen LogP contribution >= 0.6 is 0 Å². The minimum atomic E-state index is -4.48. The van der Waals surface area contributed by atoms with Gasteiger partial charge in [-0.1, -0.05) is 17.7 Å². The second kappa shape index (κ2) is 11.1. The molecule has 0 spiro atoms. The number of carbonyl (C=O) groups excluding carboxylic acids is 3. The second-order valence-electron chi connectivity index (χ2n) is 7.77. The van der Waals surface area contributed by atoms with Crippen LogP contribution < -0.4 is 22.9 Å². The van der Waals surface area contributed by atoms with Gasteiger partial charge in [0.1, 0.15) is 12.1 Å². The number of nitrogens with zero attached hydrogens (tertiary/aromatic N) is 3. The highest BCUT2D eigenvalue weighted by Gasteiger charge is 2.45. The molecule has 0 aliphatic carbocycles. The van der Waals surface area contributed by atoms with Crippen LogP contribution in [0.25, 0.3) is 0 Å². The summed E-state index contributed by atoms with van der Waals surface area (Å²) in [5, 5.41) is 0. The largest absolute Gasteiger partial charge is 0.370 e. The van der Waals surface area contributed by atoms with E-state index in [4.69, 9.17) is 22.9 Å². The van der Waals surface area contributed by atoms with E-state index in [1.54, 1.807) is 19.1 Å². The Kier molecular flexibility index (Phi) is 8.76. The van der Waals surface area contributed by atoms with E-state index in [9.17, 15) is 22.8 Å². The lowest BCUT2D eigenvalue weighted by atomic mass is 10.1. The molecule has 1 aromatic carbocycles. The van der Waals surface area contributed by atoms with E-state index in [2.05, 4.69) is 4.99 Å². The molecular formula is C20H31N7O5S. The summed E-state index contributed by atoms with van der Waals surface area (Å²) in [5.74, 6) is -2.55. The molecule has 1 aromatic rings. The number of likely N-dealkylation sites (tertiary alicyclic amines) is 1. The monoisotopic (exact) mass is 481 g/mol. The Morgan fingerprint density at radius 3 is 2.36 bits per heavy atom. The van der Waals surface area contributed by atoms with Crippen LogP contribution in [-0.4, -0.2) is 73.0 Å². The molecule has 1 aliphatic rings. The van der Waals surface area contributed by atoms with E-state index < -0.39 is 39.8 Å². The van der Waals surface area contributed by atoms with Crippen molar-refractivity contribution in [2.75, 3.05) is 19.6 Å². The maximum Gasteiger partial charge on any atom is 0.267 e. The highest BCUT2D eigenvalue weighted by molar-refractivity contribution is 7.89. The van der Waals surface area contributed by atoms with Gasteiger partial charge in [0.15, 0.2) is 5.96 Å². The van der Waals surface area contributed by atoms with Crippen LogP contribution in [0.1, 0.15) is 31.2 Å². The zero-order valence-electron chi connectivity index (χ0n) is 18.5. The van der Waals surface area contributed by atoms with Crippen molar-refractivity contribution in [2.24, 2.45) is 27.9 Å². The Morgan fingerprint density at radius 2 is 1.82 bits per heavy atom. The summed E-state index contributed by atoms with van der Waals surface area (Å²) < 4.78 is 27.7. The number of carbonyl (C=O) groups is 3. The lowest BCUT2D eigenvalue weighted by molar-refractivity contribution is -0.142. The first-order chi connectivity index (χ1) is 15.5. The van der Waals surface area contributed by atoms with Gasteiger partial charge in [-0.3, -0.25) is 19.4 Å². The van der Waals surface area contributed by atoms with Gasteiger partial charge in [-0.25, -0.2) is 12.7 Å². The van der Waals surface area contributed by atoms with E-state index >= 15 is 0 Å². The molecule has 0 radical (unpaired) electrons. The molecule has 0 aromatic heterocycles. The SMILES string of the molecule is Cc1ccc(S(=O)(=O)N(C(=O)[C@@H]2CCCN2C(=O)CN)[C@@H](CCCN=C(N)N)C(N)=O)cc1. The minimum absolute atomic E-state index is 0.0967. The number of hydrogen-bond acceptors (Lipinski definition) is 7. The Labute approximate surface area is 193 Å². The first-order valence-corrected chi connectivity index (χ1v) is 11.9. The van der Waals surface area contributed by atoms with Crippen LogP contribution in [0, 0.1) is 6.92 Å². The van der Waals surface area contributed by atoms with Crippen LogP contribution in [0.5, 0.6) is 0 Å². The van der Waals surface area contributed by atoms with Gasteiger partial charge in [-0.05, 0) is 44.7 Å². The number of amides is 3. The Balaban J connectivity index is 2.50. The highest BCUT2D eigenvalue weighted by atomic mass is 32.2. The number of sulfonamides is 1. The molecule has 1 heterocycles. The Morgan fingerprint density at radius 1 is 1.18 bits per heavy atom. The van der Waals surface area contributed by atoms with Crippen LogP contribution in [0.2, 0.25) is 0 Å². The molecule has 33 heavy (non-hydrogen) atoms. The van der Waals surface area contributed by atoms with Crippen molar-refractivity contribution in [3.8, 4) is 0 Å². The average Bonchev–Trinajstić information content (AvgIpc) is 3.24. The zero-order valence-corrected chi connectivity index (χ0v) is 19.3. The molecule has 1 fully saturated rings. The predicted octanol–water partition coefficient (Wildman–Crippen LogP) is -1.63. The smallest absolute Gasteiger partial charge is 0.267 e. The summed E-state index contributed by atoms with van der Waals surface area (Å²) in [7, 11) is -4.48. The normalized spacial score (nSPS) is 16.8. The standard InChI is InChI=1S/C20H31N7O5S/c1-13-6-8-14(9-7-13)33(31,32)27(15(18(22)29)4-2-10-25-20(23)24)19(30)16-5-3-11-26(16)17(28)12-21/h6-9,15-16H,2-5,10-12,21H2,1H3,(H2,22,29)(H4,23,24,25)/t15-,16-/m0/s1. The van der Waals surface area contributed by atoms with Gasteiger partial charge in [-0.15, -0.1) is 0 Å². The number of aryl methyl sites for hydroxylation is 1. The molecule has 3 amide bonds. The topological polar surface area (TPSA) is 208 Å². The third-order valence-electron chi connectivity index (χ3n) is 5.37. The van der Waals surface area contributed by atoms with Crippen LogP contribution in [0.3, 0.4) is 0 Å². The summed E-state index contributed by atoms with van der Waals surface area (Å²) >= 11 is 0. The van der Waals surface area contributed by atoms with E-state index in [0.29, 0.717) is 10.7 Å². The fourth-order valence-electron chi connectivity index (χ4n) is 3.72. The summed E-state index contributed by atoms with van der Waals surface area (Å²) in [6, 6.07) is 3.29. The van der Waals surface area contributed by atoms with Gasteiger partial charge >= 0.3 is 0 Å². The lowest BCUT2D eigenvalue weighted by Gasteiger charge is -2.33. The van der Waals surface area contributed by atoms with Crippen LogP contribution in [0.15, 0.2) is 34.2 Å². The van der Waals surface area contributed by atoms with Crippen molar-refractivity contribution in [3.05, 3.63) is 29.8 Å². The molecular weight excluding hydrogens is 450 g/mol. The van der Waals surface area contributed by atoms with Gasteiger partial charge in [-0.2, -0.15) is 0 Å². The van der Waals surface area contributed by atoms with Gasteiger partial charge < -0.3 is 27.8 Å². The second-order valence-corrected chi connectivity index (χ2v) is 9.58. The van der Waals surface area contributed by atoms with Gasteiger partial charge in [0.25, 0.3) is 15.9 Å². The van der Waals surface area contributed by atoms with E-state index in [0.717, 1.165) is 5.56 Å². The molecule has 1 saturated heterocycles. The molecule has 13 heteroatoms. The van der Waals surface area contributed by atoms with E-state index in [1.807, 2.05) is 0 Å². The number of rotatable bonds is 10. The minimum Gasteiger partial charge on any atom is -0.370 e. The zero-order chi connectivity index (χ0) is 24.8. The Bertz CT molecular complexity index is 1010. The number of nitrogens with two attached hydrogens (primary N) is 4. The molecule has 1 aliphatic heterocycles. The fourth-order valence-corrected chi connectivity index (χ4v) is 5.33.